The average Bonchev–Trinajstić information content (AvgIpc) is 2.50. The first-order valence-corrected chi connectivity index (χ1v) is 6.27. The number of rotatable bonds is 6. The first-order valence-electron chi connectivity index (χ1n) is 4.74. The van der Waals surface area contributed by atoms with Crippen LogP contribution in [-0.2, 0) is 5.75 Å². The van der Waals surface area contributed by atoms with Crippen LogP contribution in [0.3, 0.4) is 0 Å². The van der Waals surface area contributed by atoms with E-state index >= 15 is 0 Å². The molecule has 0 bridgehead atoms. The lowest BCUT2D eigenvalue weighted by atomic mass is 10.4. The highest BCUT2D eigenvalue weighted by Crippen LogP contribution is 2.17. The first-order chi connectivity index (χ1) is 6.68. The van der Waals surface area contributed by atoms with Gasteiger partial charge in [0.1, 0.15) is 5.76 Å². The van der Waals surface area contributed by atoms with E-state index in [1.807, 2.05) is 17.8 Å². The van der Waals surface area contributed by atoms with E-state index in [2.05, 4.69) is 19.2 Å². The summed E-state index contributed by atoms with van der Waals surface area (Å²) >= 11 is 7.50. The Morgan fingerprint density at radius 2 is 2.29 bits per heavy atom. The molecule has 0 saturated heterocycles. The number of thioether (sulfide) groups is 1. The van der Waals surface area contributed by atoms with Gasteiger partial charge in [-0.2, -0.15) is 11.8 Å². The Balaban J connectivity index is 2.04. The monoisotopic (exact) mass is 233 g/mol. The lowest BCUT2D eigenvalue weighted by Gasteiger charge is -2.06. The third-order valence-corrected chi connectivity index (χ3v) is 2.86. The number of furan rings is 1. The van der Waals surface area contributed by atoms with Crippen LogP contribution in [0, 0.1) is 0 Å². The van der Waals surface area contributed by atoms with Crippen molar-refractivity contribution in [3.05, 3.63) is 23.1 Å². The van der Waals surface area contributed by atoms with Crippen LogP contribution in [0.2, 0.25) is 5.22 Å². The SMILES string of the molecule is CC(C)NCCSCc1ccc(Cl)o1. The topological polar surface area (TPSA) is 25.2 Å². The molecule has 0 fully saturated rings. The predicted molar refractivity (Wildman–Crippen MR) is 63.0 cm³/mol. The summed E-state index contributed by atoms with van der Waals surface area (Å²) in [6, 6.07) is 4.27. The maximum Gasteiger partial charge on any atom is 0.193 e. The zero-order valence-electron chi connectivity index (χ0n) is 8.55. The van der Waals surface area contributed by atoms with Crippen LogP contribution in [0.15, 0.2) is 16.5 Å². The molecule has 80 valence electrons. The number of halogens is 1. The summed E-state index contributed by atoms with van der Waals surface area (Å²) in [7, 11) is 0. The fourth-order valence-electron chi connectivity index (χ4n) is 1.02. The molecule has 1 aromatic heterocycles. The lowest BCUT2D eigenvalue weighted by Crippen LogP contribution is -2.24. The van der Waals surface area contributed by atoms with Crippen molar-refractivity contribution in [1.82, 2.24) is 5.32 Å². The fourth-order valence-corrected chi connectivity index (χ4v) is 1.95. The van der Waals surface area contributed by atoms with Crippen molar-refractivity contribution < 1.29 is 4.42 Å². The molecule has 0 radical (unpaired) electrons. The van der Waals surface area contributed by atoms with Crippen molar-refractivity contribution in [2.45, 2.75) is 25.6 Å². The van der Waals surface area contributed by atoms with E-state index in [1.54, 1.807) is 6.07 Å². The molecule has 1 heterocycles. The molecule has 0 aromatic carbocycles. The molecule has 4 heteroatoms. The molecule has 0 atom stereocenters. The molecular weight excluding hydrogens is 218 g/mol. The summed E-state index contributed by atoms with van der Waals surface area (Å²) in [6.07, 6.45) is 0. The van der Waals surface area contributed by atoms with Gasteiger partial charge in [-0.25, -0.2) is 0 Å². The number of hydrogen-bond donors (Lipinski definition) is 1. The Morgan fingerprint density at radius 1 is 1.50 bits per heavy atom. The Hall–Kier alpha value is -0.120. The molecular formula is C10H16ClNOS. The van der Waals surface area contributed by atoms with Gasteiger partial charge in [0.05, 0.1) is 5.75 Å². The molecule has 0 aliphatic heterocycles. The van der Waals surface area contributed by atoms with E-state index in [0.717, 1.165) is 23.8 Å². The minimum atomic E-state index is 0.473. The Morgan fingerprint density at radius 3 is 2.86 bits per heavy atom. The standard InChI is InChI=1S/C10H16ClNOS/c1-8(2)12-5-6-14-7-9-3-4-10(11)13-9/h3-4,8,12H,5-7H2,1-2H3. The molecule has 1 rings (SSSR count). The molecule has 0 amide bonds. The Labute approximate surface area is 94.4 Å². The lowest BCUT2D eigenvalue weighted by molar-refractivity contribution is 0.532. The van der Waals surface area contributed by atoms with Gasteiger partial charge in [0.15, 0.2) is 5.22 Å². The fraction of sp³-hybridized carbons (Fsp3) is 0.600. The second-order valence-electron chi connectivity index (χ2n) is 3.37. The third-order valence-electron chi connectivity index (χ3n) is 1.67. The molecule has 0 spiro atoms. The number of nitrogens with one attached hydrogen (secondary N) is 1. The van der Waals surface area contributed by atoms with Gasteiger partial charge < -0.3 is 9.73 Å². The van der Waals surface area contributed by atoms with Crippen molar-refractivity contribution in [2.75, 3.05) is 12.3 Å². The summed E-state index contributed by atoms with van der Waals surface area (Å²) in [6.45, 7) is 5.34. The summed E-state index contributed by atoms with van der Waals surface area (Å²) < 4.78 is 5.24. The summed E-state index contributed by atoms with van der Waals surface area (Å²) in [5.41, 5.74) is 0. The molecule has 0 aliphatic rings. The van der Waals surface area contributed by atoms with Crippen molar-refractivity contribution in [1.29, 1.82) is 0 Å². The van der Waals surface area contributed by atoms with Gasteiger partial charge in [0.25, 0.3) is 0 Å². The van der Waals surface area contributed by atoms with Crippen molar-refractivity contribution in [3.8, 4) is 0 Å². The maximum absolute atomic E-state index is 5.65. The molecule has 14 heavy (non-hydrogen) atoms. The average molecular weight is 234 g/mol. The Bertz CT molecular complexity index is 262. The van der Waals surface area contributed by atoms with Crippen LogP contribution in [-0.4, -0.2) is 18.3 Å². The molecule has 1 N–H and O–H groups in total. The second-order valence-corrected chi connectivity index (χ2v) is 4.84. The summed E-state index contributed by atoms with van der Waals surface area (Å²) in [5, 5.41) is 3.83. The number of hydrogen-bond acceptors (Lipinski definition) is 3. The van der Waals surface area contributed by atoms with Gasteiger partial charge in [-0.3, -0.25) is 0 Å². The van der Waals surface area contributed by atoms with Crippen LogP contribution in [0.25, 0.3) is 0 Å². The zero-order valence-corrected chi connectivity index (χ0v) is 10.1. The third kappa shape index (κ3) is 4.94. The minimum absolute atomic E-state index is 0.473. The van der Waals surface area contributed by atoms with E-state index in [9.17, 15) is 0 Å². The van der Waals surface area contributed by atoms with Gasteiger partial charge in [-0.05, 0) is 23.7 Å². The Kier molecular flexibility index (Phi) is 5.45. The van der Waals surface area contributed by atoms with Crippen LogP contribution < -0.4 is 5.32 Å². The normalized spacial score (nSPS) is 11.1. The van der Waals surface area contributed by atoms with Gasteiger partial charge in [-0.1, -0.05) is 13.8 Å². The predicted octanol–water partition coefficient (Wildman–Crippen LogP) is 3.16. The first kappa shape index (κ1) is 12.0. The van der Waals surface area contributed by atoms with Crippen LogP contribution in [0.5, 0.6) is 0 Å². The van der Waals surface area contributed by atoms with Gasteiger partial charge in [-0.15, -0.1) is 0 Å². The highest BCUT2D eigenvalue weighted by molar-refractivity contribution is 7.98. The molecule has 0 unspecified atom stereocenters. The summed E-state index contributed by atoms with van der Waals surface area (Å²) in [4.78, 5) is 0. The molecule has 0 aliphatic carbocycles. The van der Waals surface area contributed by atoms with Crippen LogP contribution in [0.4, 0.5) is 0 Å². The molecule has 1 aromatic rings. The van der Waals surface area contributed by atoms with Crippen molar-refractivity contribution in [2.24, 2.45) is 0 Å². The van der Waals surface area contributed by atoms with E-state index in [-0.39, 0.29) is 0 Å². The van der Waals surface area contributed by atoms with E-state index in [1.165, 1.54) is 0 Å². The largest absolute Gasteiger partial charge is 0.449 e. The van der Waals surface area contributed by atoms with Crippen LogP contribution in [0.1, 0.15) is 19.6 Å². The van der Waals surface area contributed by atoms with Gasteiger partial charge in [0.2, 0.25) is 0 Å². The molecule has 0 saturated carbocycles. The second kappa shape index (κ2) is 6.38. The van der Waals surface area contributed by atoms with E-state index < -0.39 is 0 Å². The maximum atomic E-state index is 5.65. The highest BCUT2D eigenvalue weighted by Gasteiger charge is 1.99. The van der Waals surface area contributed by atoms with Crippen molar-refractivity contribution >= 4 is 23.4 Å². The smallest absolute Gasteiger partial charge is 0.193 e. The van der Waals surface area contributed by atoms with Crippen LogP contribution >= 0.6 is 23.4 Å². The van der Waals surface area contributed by atoms with Crippen molar-refractivity contribution in [3.63, 3.8) is 0 Å². The van der Waals surface area contributed by atoms with E-state index in [0.29, 0.717) is 11.3 Å². The van der Waals surface area contributed by atoms with Gasteiger partial charge in [0, 0.05) is 18.3 Å². The summed E-state index contributed by atoms with van der Waals surface area (Å²) in [5.74, 6) is 2.94. The van der Waals surface area contributed by atoms with Gasteiger partial charge >= 0.3 is 0 Å². The highest BCUT2D eigenvalue weighted by atomic mass is 35.5. The molecule has 2 nitrogen and oxygen atoms in total. The van der Waals surface area contributed by atoms with E-state index in [4.69, 9.17) is 16.0 Å². The quantitative estimate of drug-likeness (QED) is 0.765. The zero-order chi connectivity index (χ0) is 10.4. The minimum Gasteiger partial charge on any atom is -0.449 e.